The first-order chi connectivity index (χ1) is 12.3. The molecule has 0 aliphatic carbocycles. The number of H-pyrrole nitrogens is 1. The minimum atomic E-state index is -3.20. The van der Waals surface area contributed by atoms with Crippen molar-refractivity contribution >= 4 is 15.7 Å². The summed E-state index contributed by atoms with van der Waals surface area (Å²) in [5, 5.41) is 6.85. The van der Waals surface area contributed by atoms with Crippen LogP contribution in [0.25, 0.3) is 11.3 Å². The summed E-state index contributed by atoms with van der Waals surface area (Å²) in [6.07, 6.45) is -0.472. The van der Waals surface area contributed by atoms with Crippen molar-refractivity contribution in [2.24, 2.45) is 0 Å². The number of nitrogens with one attached hydrogen (secondary N) is 1. The van der Waals surface area contributed by atoms with E-state index in [4.69, 9.17) is 4.74 Å². The number of nitrogens with zero attached hydrogens (tertiary/aromatic N) is 2. The van der Waals surface area contributed by atoms with Gasteiger partial charge in [0.2, 0.25) is 0 Å². The minimum absolute atomic E-state index is 0.0511. The number of hydrogen-bond acceptors (Lipinski definition) is 5. The van der Waals surface area contributed by atoms with Crippen LogP contribution < -0.4 is 0 Å². The molecule has 7 nitrogen and oxygen atoms in total. The van der Waals surface area contributed by atoms with Crippen molar-refractivity contribution in [3.63, 3.8) is 0 Å². The molecule has 4 rings (SSSR count). The second-order valence-corrected chi connectivity index (χ2v) is 8.84. The summed E-state index contributed by atoms with van der Waals surface area (Å²) >= 11 is 0. The first-order valence-electron chi connectivity index (χ1n) is 8.29. The van der Waals surface area contributed by atoms with Crippen molar-refractivity contribution in [1.82, 2.24) is 15.1 Å². The first-order valence-corrected chi connectivity index (χ1v) is 10.1. The lowest BCUT2D eigenvalue weighted by atomic mass is 10.1. The highest BCUT2D eigenvalue weighted by atomic mass is 32.2. The molecule has 0 spiro atoms. The third-order valence-electron chi connectivity index (χ3n) is 4.86. The Morgan fingerprint density at radius 3 is 2.92 bits per heavy atom. The fourth-order valence-corrected chi connectivity index (χ4v) is 5.38. The zero-order valence-corrected chi connectivity index (χ0v) is 14.9. The van der Waals surface area contributed by atoms with E-state index < -0.39 is 22.0 Å². The van der Waals surface area contributed by atoms with E-state index in [1.807, 2.05) is 0 Å². The van der Waals surface area contributed by atoms with Crippen LogP contribution in [0.15, 0.2) is 24.3 Å². The molecular formula is C17H18FN3O4S. The standard InChI is InChI=1S/C17H18FN3O4S/c1-10-6-11(2-3-12(10)18)13-7-14(20-19-13)17(22)21-4-5-25-16-9-26(23,24)8-15(16)21/h2-3,6-7,15-16H,4-5,8-9H2,1H3,(H,19,20). The molecule has 1 aromatic heterocycles. The van der Waals surface area contributed by atoms with E-state index in [9.17, 15) is 17.6 Å². The molecule has 2 saturated heterocycles. The first kappa shape index (κ1) is 17.2. The van der Waals surface area contributed by atoms with Crippen molar-refractivity contribution in [1.29, 1.82) is 0 Å². The van der Waals surface area contributed by atoms with Gasteiger partial charge in [-0.2, -0.15) is 5.10 Å². The highest BCUT2D eigenvalue weighted by Crippen LogP contribution is 2.27. The van der Waals surface area contributed by atoms with Gasteiger partial charge in [0.25, 0.3) is 5.91 Å². The molecule has 138 valence electrons. The van der Waals surface area contributed by atoms with E-state index in [2.05, 4.69) is 10.2 Å². The summed E-state index contributed by atoms with van der Waals surface area (Å²) in [4.78, 5) is 14.4. The molecule has 1 aromatic carbocycles. The number of sulfone groups is 1. The molecule has 2 atom stereocenters. The van der Waals surface area contributed by atoms with Crippen LogP contribution in [-0.2, 0) is 14.6 Å². The number of hydrogen-bond donors (Lipinski definition) is 1. The summed E-state index contributed by atoms with van der Waals surface area (Å²) in [6.45, 7) is 2.30. The summed E-state index contributed by atoms with van der Waals surface area (Å²) in [5.74, 6) is -0.744. The largest absolute Gasteiger partial charge is 0.373 e. The third kappa shape index (κ3) is 3.01. The smallest absolute Gasteiger partial charge is 0.272 e. The lowest BCUT2D eigenvalue weighted by molar-refractivity contribution is -0.0363. The maximum atomic E-state index is 13.4. The van der Waals surface area contributed by atoms with Crippen LogP contribution in [0.1, 0.15) is 16.1 Å². The van der Waals surface area contributed by atoms with Crippen molar-refractivity contribution in [3.8, 4) is 11.3 Å². The number of fused-ring (bicyclic) bond motifs is 1. The molecule has 2 aliphatic rings. The van der Waals surface area contributed by atoms with E-state index in [1.165, 1.54) is 6.07 Å². The molecule has 2 aliphatic heterocycles. The number of rotatable bonds is 2. The van der Waals surface area contributed by atoms with Gasteiger partial charge < -0.3 is 9.64 Å². The fraction of sp³-hybridized carbons (Fsp3) is 0.412. The molecule has 0 saturated carbocycles. The van der Waals surface area contributed by atoms with Crippen molar-refractivity contribution in [2.75, 3.05) is 24.7 Å². The van der Waals surface area contributed by atoms with Gasteiger partial charge in [-0.25, -0.2) is 12.8 Å². The van der Waals surface area contributed by atoms with Crippen LogP contribution in [0.5, 0.6) is 0 Å². The summed E-state index contributed by atoms with van der Waals surface area (Å²) in [7, 11) is -3.20. The van der Waals surface area contributed by atoms with Gasteiger partial charge in [0, 0.05) is 12.1 Å². The second kappa shape index (κ2) is 6.17. The average Bonchev–Trinajstić information content (AvgIpc) is 3.19. The molecule has 9 heteroatoms. The van der Waals surface area contributed by atoms with Gasteiger partial charge in [-0.05, 0) is 36.8 Å². The van der Waals surface area contributed by atoms with E-state index in [1.54, 1.807) is 30.0 Å². The molecule has 2 fully saturated rings. The number of aromatic nitrogens is 2. The van der Waals surface area contributed by atoms with Gasteiger partial charge >= 0.3 is 0 Å². The number of carbonyl (C=O) groups excluding carboxylic acids is 1. The number of carbonyl (C=O) groups is 1. The summed E-state index contributed by atoms with van der Waals surface area (Å²) in [5.41, 5.74) is 1.99. The molecule has 2 unspecified atom stereocenters. The number of aromatic amines is 1. The normalized spacial score (nSPS) is 24.5. The molecule has 1 amide bonds. The molecule has 3 heterocycles. The Morgan fingerprint density at radius 1 is 1.35 bits per heavy atom. The van der Waals surface area contributed by atoms with E-state index >= 15 is 0 Å². The van der Waals surface area contributed by atoms with E-state index in [-0.39, 0.29) is 28.9 Å². The maximum Gasteiger partial charge on any atom is 0.272 e. The lowest BCUT2D eigenvalue weighted by Crippen LogP contribution is -2.53. The van der Waals surface area contributed by atoms with Gasteiger partial charge in [-0.15, -0.1) is 0 Å². The Morgan fingerprint density at radius 2 is 2.15 bits per heavy atom. The molecule has 2 aromatic rings. The Bertz CT molecular complexity index is 972. The number of aryl methyl sites for hydroxylation is 1. The summed E-state index contributed by atoms with van der Waals surface area (Å²) in [6, 6.07) is 5.75. The van der Waals surface area contributed by atoms with E-state index in [0.717, 1.165) is 0 Å². The number of amides is 1. The monoisotopic (exact) mass is 379 g/mol. The highest BCUT2D eigenvalue weighted by molar-refractivity contribution is 7.91. The SMILES string of the molecule is Cc1cc(-c2cc(C(=O)N3CCOC4CS(=O)(=O)CC43)[nH]n2)ccc1F. The molecule has 0 radical (unpaired) electrons. The van der Waals surface area contributed by atoms with Gasteiger partial charge in [-0.3, -0.25) is 9.89 Å². The van der Waals surface area contributed by atoms with Gasteiger partial charge in [0.15, 0.2) is 9.84 Å². The zero-order chi connectivity index (χ0) is 18.5. The number of morpholine rings is 1. The van der Waals surface area contributed by atoms with Crippen LogP contribution >= 0.6 is 0 Å². The topological polar surface area (TPSA) is 92.4 Å². The maximum absolute atomic E-state index is 13.4. The summed E-state index contributed by atoms with van der Waals surface area (Å²) < 4.78 is 42.7. The quantitative estimate of drug-likeness (QED) is 0.845. The van der Waals surface area contributed by atoms with Crippen LogP contribution in [0.3, 0.4) is 0 Å². The van der Waals surface area contributed by atoms with Gasteiger partial charge in [-0.1, -0.05) is 0 Å². The molecule has 0 bridgehead atoms. The second-order valence-electron chi connectivity index (χ2n) is 6.68. The Labute approximate surface area is 150 Å². The molecule has 26 heavy (non-hydrogen) atoms. The van der Waals surface area contributed by atoms with Gasteiger partial charge in [0.1, 0.15) is 11.5 Å². The number of ether oxygens (including phenoxy) is 1. The predicted octanol–water partition coefficient (Wildman–Crippen LogP) is 1.16. The zero-order valence-electron chi connectivity index (χ0n) is 14.1. The molecule has 1 N–H and O–H groups in total. The highest BCUT2D eigenvalue weighted by Gasteiger charge is 2.46. The molecular weight excluding hydrogens is 361 g/mol. The Kier molecular flexibility index (Phi) is 4.07. The predicted molar refractivity (Wildman–Crippen MR) is 91.9 cm³/mol. The van der Waals surface area contributed by atoms with Crippen LogP contribution in [-0.4, -0.2) is 66.2 Å². The lowest BCUT2D eigenvalue weighted by Gasteiger charge is -2.36. The van der Waals surface area contributed by atoms with Gasteiger partial charge in [0.05, 0.1) is 36.0 Å². The third-order valence-corrected chi connectivity index (χ3v) is 6.55. The van der Waals surface area contributed by atoms with Crippen molar-refractivity contribution in [3.05, 3.63) is 41.3 Å². The number of benzene rings is 1. The average molecular weight is 379 g/mol. The van der Waals surface area contributed by atoms with Crippen molar-refractivity contribution in [2.45, 2.75) is 19.1 Å². The van der Waals surface area contributed by atoms with Crippen molar-refractivity contribution < 1.29 is 22.3 Å². The van der Waals surface area contributed by atoms with Crippen LogP contribution in [0.2, 0.25) is 0 Å². The Hall–Kier alpha value is -2.26. The fourth-order valence-electron chi connectivity index (χ4n) is 3.51. The van der Waals surface area contributed by atoms with E-state index in [0.29, 0.717) is 30.0 Å². The minimum Gasteiger partial charge on any atom is -0.373 e. The number of halogens is 1. The van der Waals surface area contributed by atoms with Crippen LogP contribution in [0.4, 0.5) is 4.39 Å². The van der Waals surface area contributed by atoms with Crippen LogP contribution in [0, 0.1) is 12.7 Å². The Balaban J connectivity index is 1.59.